The van der Waals surface area contributed by atoms with Gasteiger partial charge in [-0.25, -0.2) is 9.50 Å². The van der Waals surface area contributed by atoms with Gasteiger partial charge in [0.25, 0.3) is 5.91 Å². The highest BCUT2D eigenvalue weighted by Crippen LogP contribution is 2.25. The van der Waals surface area contributed by atoms with Gasteiger partial charge in [-0.1, -0.05) is 0 Å². The monoisotopic (exact) mass is 339 g/mol. The first kappa shape index (κ1) is 15.8. The molecule has 0 aromatic carbocycles. The van der Waals surface area contributed by atoms with Crippen molar-refractivity contribution in [2.24, 2.45) is 0 Å². The minimum absolute atomic E-state index is 0.0542. The van der Waals surface area contributed by atoms with E-state index in [9.17, 15) is 4.79 Å². The maximum absolute atomic E-state index is 12.6. The molecule has 7 nitrogen and oxygen atoms in total. The van der Waals surface area contributed by atoms with Gasteiger partial charge in [0.05, 0.1) is 18.5 Å². The maximum Gasteiger partial charge on any atom is 0.256 e. The van der Waals surface area contributed by atoms with Crippen molar-refractivity contribution in [3.05, 3.63) is 53.9 Å². The Bertz CT molecular complexity index is 865. The van der Waals surface area contributed by atoms with Crippen molar-refractivity contribution in [2.45, 2.75) is 25.8 Å². The van der Waals surface area contributed by atoms with E-state index in [2.05, 4.69) is 20.3 Å². The maximum atomic E-state index is 12.6. The average molecular weight is 339 g/mol. The SMILES string of the molecule is Cc1cnc2c(C(=O)NC[C@@H](c3ccco3)N3CCCC3)cnn2c1. The Kier molecular flexibility index (Phi) is 4.23. The van der Waals surface area contributed by atoms with Crippen molar-refractivity contribution in [1.82, 2.24) is 24.8 Å². The second kappa shape index (κ2) is 6.68. The van der Waals surface area contributed by atoms with Crippen LogP contribution in [0.5, 0.6) is 0 Å². The number of hydrogen-bond donors (Lipinski definition) is 1. The van der Waals surface area contributed by atoms with Gasteiger partial charge in [0.15, 0.2) is 5.65 Å². The normalized spacial score (nSPS) is 16.4. The van der Waals surface area contributed by atoms with Crippen LogP contribution in [-0.2, 0) is 0 Å². The van der Waals surface area contributed by atoms with Crippen molar-refractivity contribution in [1.29, 1.82) is 0 Å². The fourth-order valence-corrected chi connectivity index (χ4v) is 3.36. The van der Waals surface area contributed by atoms with Crippen LogP contribution >= 0.6 is 0 Å². The number of hydrogen-bond acceptors (Lipinski definition) is 5. The lowest BCUT2D eigenvalue weighted by molar-refractivity contribution is 0.0935. The molecule has 3 aromatic rings. The summed E-state index contributed by atoms with van der Waals surface area (Å²) < 4.78 is 7.23. The first-order chi connectivity index (χ1) is 12.2. The van der Waals surface area contributed by atoms with E-state index in [4.69, 9.17) is 4.42 Å². The Labute approximate surface area is 145 Å². The zero-order valence-corrected chi connectivity index (χ0v) is 14.2. The quantitative estimate of drug-likeness (QED) is 0.771. The summed E-state index contributed by atoms with van der Waals surface area (Å²) in [5, 5.41) is 7.24. The van der Waals surface area contributed by atoms with E-state index in [1.807, 2.05) is 25.3 Å². The second-order valence-corrected chi connectivity index (χ2v) is 6.44. The summed E-state index contributed by atoms with van der Waals surface area (Å²) >= 11 is 0. The number of furan rings is 1. The zero-order chi connectivity index (χ0) is 17.2. The van der Waals surface area contributed by atoms with E-state index in [1.54, 1.807) is 23.2 Å². The van der Waals surface area contributed by atoms with Gasteiger partial charge in [-0.3, -0.25) is 9.69 Å². The first-order valence-electron chi connectivity index (χ1n) is 8.58. The van der Waals surface area contributed by atoms with Gasteiger partial charge in [0.1, 0.15) is 11.3 Å². The molecule has 25 heavy (non-hydrogen) atoms. The lowest BCUT2D eigenvalue weighted by Gasteiger charge is -2.25. The Morgan fingerprint density at radius 3 is 2.96 bits per heavy atom. The fourth-order valence-electron chi connectivity index (χ4n) is 3.36. The molecule has 0 aliphatic carbocycles. The Morgan fingerprint density at radius 1 is 1.36 bits per heavy atom. The zero-order valence-electron chi connectivity index (χ0n) is 14.2. The summed E-state index contributed by atoms with van der Waals surface area (Å²) in [4.78, 5) is 19.3. The Hall–Kier alpha value is -2.67. The smallest absolute Gasteiger partial charge is 0.256 e. The number of carbonyl (C=O) groups excluding carboxylic acids is 1. The number of nitrogens with one attached hydrogen (secondary N) is 1. The summed E-state index contributed by atoms with van der Waals surface area (Å²) in [5.74, 6) is 0.720. The summed E-state index contributed by atoms with van der Waals surface area (Å²) in [6.45, 7) is 4.49. The van der Waals surface area contributed by atoms with Crippen LogP contribution in [0.15, 0.2) is 41.4 Å². The molecule has 1 aliphatic heterocycles. The molecular weight excluding hydrogens is 318 g/mol. The first-order valence-corrected chi connectivity index (χ1v) is 8.58. The fraction of sp³-hybridized carbons (Fsp3) is 0.389. The van der Waals surface area contributed by atoms with Crippen LogP contribution in [-0.4, -0.2) is 45.0 Å². The van der Waals surface area contributed by atoms with E-state index < -0.39 is 0 Å². The summed E-state index contributed by atoms with van der Waals surface area (Å²) in [7, 11) is 0. The average Bonchev–Trinajstić information content (AvgIpc) is 3.36. The topological polar surface area (TPSA) is 75.7 Å². The molecule has 3 aromatic heterocycles. The predicted octanol–water partition coefficient (Wildman–Crippen LogP) is 2.20. The standard InChI is InChI=1S/C18H21N5O2/c1-13-9-19-17-14(10-21-23(17)12-13)18(24)20-11-15(16-5-4-8-25-16)22-6-2-3-7-22/h4-5,8-10,12,15H,2-3,6-7,11H2,1H3,(H,20,24)/t15-/m0/s1. The largest absolute Gasteiger partial charge is 0.468 e. The lowest BCUT2D eigenvalue weighted by atomic mass is 10.2. The highest BCUT2D eigenvalue weighted by atomic mass is 16.3. The molecule has 4 heterocycles. The van der Waals surface area contributed by atoms with Crippen LogP contribution in [0.1, 0.15) is 40.6 Å². The van der Waals surface area contributed by atoms with Crippen LogP contribution in [0.25, 0.3) is 5.65 Å². The third-order valence-electron chi connectivity index (χ3n) is 4.64. The summed E-state index contributed by atoms with van der Waals surface area (Å²) in [6.07, 6.45) is 9.20. The second-order valence-electron chi connectivity index (χ2n) is 6.44. The molecule has 4 rings (SSSR count). The molecule has 1 saturated heterocycles. The van der Waals surface area contributed by atoms with E-state index in [0.29, 0.717) is 17.8 Å². The summed E-state index contributed by atoms with van der Waals surface area (Å²) in [5.41, 5.74) is 2.05. The van der Waals surface area contributed by atoms with E-state index in [0.717, 1.165) is 24.4 Å². The van der Waals surface area contributed by atoms with Gasteiger partial charge in [0.2, 0.25) is 0 Å². The van der Waals surface area contributed by atoms with Crippen molar-refractivity contribution < 1.29 is 9.21 Å². The number of aromatic nitrogens is 3. The number of aryl methyl sites for hydroxylation is 1. The Morgan fingerprint density at radius 2 is 2.20 bits per heavy atom. The number of nitrogens with zero attached hydrogens (tertiary/aromatic N) is 4. The van der Waals surface area contributed by atoms with Gasteiger partial charge in [-0.05, 0) is 50.6 Å². The molecule has 0 spiro atoms. The molecular formula is C18H21N5O2. The van der Waals surface area contributed by atoms with Crippen LogP contribution in [0.3, 0.4) is 0 Å². The number of fused-ring (bicyclic) bond motifs is 1. The number of amides is 1. The number of rotatable bonds is 5. The van der Waals surface area contributed by atoms with Crippen molar-refractivity contribution >= 4 is 11.6 Å². The minimum atomic E-state index is -0.165. The van der Waals surface area contributed by atoms with E-state index in [1.165, 1.54) is 12.8 Å². The van der Waals surface area contributed by atoms with Crippen molar-refractivity contribution in [3.63, 3.8) is 0 Å². The van der Waals surface area contributed by atoms with Gasteiger partial charge >= 0.3 is 0 Å². The van der Waals surface area contributed by atoms with Gasteiger partial charge in [0, 0.05) is 18.9 Å². The molecule has 7 heteroatoms. The molecule has 1 atom stereocenters. The molecule has 130 valence electrons. The van der Waals surface area contributed by atoms with Crippen LogP contribution < -0.4 is 5.32 Å². The molecule has 0 bridgehead atoms. The molecule has 0 unspecified atom stereocenters. The number of carbonyl (C=O) groups is 1. The highest BCUT2D eigenvalue weighted by Gasteiger charge is 2.26. The van der Waals surface area contributed by atoms with Crippen LogP contribution in [0, 0.1) is 6.92 Å². The number of likely N-dealkylation sites (tertiary alicyclic amines) is 1. The molecule has 0 saturated carbocycles. The Balaban J connectivity index is 1.51. The van der Waals surface area contributed by atoms with E-state index >= 15 is 0 Å². The molecule has 1 amide bonds. The highest BCUT2D eigenvalue weighted by molar-refractivity contribution is 5.99. The van der Waals surface area contributed by atoms with Gasteiger partial charge < -0.3 is 9.73 Å². The molecule has 1 N–H and O–H groups in total. The third-order valence-corrected chi connectivity index (χ3v) is 4.64. The van der Waals surface area contributed by atoms with Gasteiger partial charge in [-0.15, -0.1) is 0 Å². The van der Waals surface area contributed by atoms with Crippen LogP contribution in [0.2, 0.25) is 0 Å². The van der Waals surface area contributed by atoms with Crippen molar-refractivity contribution in [2.75, 3.05) is 19.6 Å². The minimum Gasteiger partial charge on any atom is -0.468 e. The van der Waals surface area contributed by atoms with Gasteiger partial charge in [-0.2, -0.15) is 5.10 Å². The summed E-state index contributed by atoms with van der Waals surface area (Å²) in [6, 6.07) is 3.91. The predicted molar refractivity (Wildman–Crippen MR) is 92.3 cm³/mol. The lowest BCUT2D eigenvalue weighted by Crippen LogP contribution is -2.36. The molecule has 0 radical (unpaired) electrons. The van der Waals surface area contributed by atoms with E-state index in [-0.39, 0.29) is 11.9 Å². The van der Waals surface area contributed by atoms with Crippen LogP contribution in [0.4, 0.5) is 0 Å². The van der Waals surface area contributed by atoms with Crippen molar-refractivity contribution in [3.8, 4) is 0 Å². The molecule has 1 aliphatic rings. The molecule has 1 fully saturated rings. The third kappa shape index (κ3) is 3.15.